The highest BCUT2D eigenvalue weighted by atomic mass is 79.9. The lowest BCUT2D eigenvalue weighted by Crippen LogP contribution is -2.45. The van der Waals surface area contributed by atoms with Crippen molar-refractivity contribution in [2.45, 2.75) is 18.9 Å². The van der Waals surface area contributed by atoms with Crippen LogP contribution in [0.4, 0.5) is 8.78 Å². The van der Waals surface area contributed by atoms with Gasteiger partial charge >= 0.3 is 0 Å². The minimum absolute atomic E-state index is 0.0956. The number of piperazine rings is 1. The van der Waals surface area contributed by atoms with E-state index in [1.165, 1.54) is 0 Å². The molecule has 2 rings (SSSR count). The lowest BCUT2D eigenvalue weighted by molar-refractivity contribution is 0.0739. The van der Waals surface area contributed by atoms with Gasteiger partial charge in [0.05, 0.1) is 0 Å². The predicted molar refractivity (Wildman–Crippen MR) is 71.9 cm³/mol. The van der Waals surface area contributed by atoms with Crippen LogP contribution in [0.5, 0.6) is 0 Å². The fraction of sp³-hybridized carbons (Fsp3) is 0.538. The van der Waals surface area contributed by atoms with Gasteiger partial charge in [-0.25, -0.2) is 8.78 Å². The average molecular weight is 319 g/mol. The largest absolute Gasteiger partial charge is 0.314 e. The zero-order valence-electron chi connectivity index (χ0n) is 10.1. The predicted octanol–water partition coefficient (Wildman–Crippen LogP) is 3.05. The van der Waals surface area contributed by atoms with Crippen LogP contribution in [0.25, 0.3) is 0 Å². The molecule has 0 spiro atoms. The van der Waals surface area contributed by atoms with Crippen LogP contribution in [0.1, 0.15) is 18.0 Å². The number of hydrogen-bond donors (Lipinski definition) is 1. The lowest BCUT2D eigenvalue weighted by atomic mass is 10.0. The summed E-state index contributed by atoms with van der Waals surface area (Å²) in [6.07, 6.45) is -2.37. The molecule has 1 aliphatic heterocycles. The van der Waals surface area contributed by atoms with Crippen LogP contribution in [0.2, 0.25) is 0 Å². The van der Waals surface area contributed by atoms with Gasteiger partial charge in [0.25, 0.3) is 0 Å². The SMILES string of the molecule is FC(F)C[C@H](c1ccc(Br)cc1)N1CCNCC1. The van der Waals surface area contributed by atoms with E-state index in [2.05, 4.69) is 26.1 Å². The summed E-state index contributed by atoms with van der Waals surface area (Å²) in [6.45, 7) is 3.40. The van der Waals surface area contributed by atoms with Crippen LogP contribution in [-0.2, 0) is 0 Å². The van der Waals surface area contributed by atoms with E-state index in [0.29, 0.717) is 0 Å². The number of alkyl halides is 2. The van der Waals surface area contributed by atoms with Gasteiger partial charge < -0.3 is 5.32 Å². The molecule has 0 aliphatic carbocycles. The summed E-state index contributed by atoms with van der Waals surface area (Å²) in [5, 5.41) is 3.25. The fourth-order valence-corrected chi connectivity index (χ4v) is 2.61. The molecular weight excluding hydrogens is 302 g/mol. The second-order valence-electron chi connectivity index (χ2n) is 4.48. The minimum atomic E-state index is -2.27. The third-order valence-corrected chi connectivity index (χ3v) is 3.78. The molecule has 5 heteroatoms. The smallest absolute Gasteiger partial charge is 0.240 e. The van der Waals surface area contributed by atoms with Crippen LogP contribution in [-0.4, -0.2) is 37.5 Å². The molecule has 1 saturated heterocycles. The first kappa shape index (κ1) is 13.9. The van der Waals surface area contributed by atoms with E-state index in [1.807, 2.05) is 24.3 Å². The first-order valence-corrected chi connectivity index (χ1v) is 6.94. The molecule has 0 radical (unpaired) electrons. The molecule has 0 aromatic heterocycles. The first-order valence-electron chi connectivity index (χ1n) is 6.15. The van der Waals surface area contributed by atoms with E-state index in [9.17, 15) is 8.78 Å². The first-order chi connectivity index (χ1) is 8.66. The summed E-state index contributed by atoms with van der Waals surface area (Å²) in [7, 11) is 0. The van der Waals surface area contributed by atoms with Gasteiger partial charge in [0, 0.05) is 43.1 Å². The molecule has 1 heterocycles. The average Bonchev–Trinajstić information content (AvgIpc) is 2.38. The quantitative estimate of drug-likeness (QED) is 0.918. The highest BCUT2D eigenvalue weighted by molar-refractivity contribution is 9.10. The zero-order valence-corrected chi connectivity index (χ0v) is 11.7. The highest BCUT2D eigenvalue weighted by Gasteiger charge is 2.25. The van der Waals surface area contributed by atoms with Crippen LogP contribution in [0, 0.1) is 0 Å². The standard InChI is InChI=1S/C13H17BrF2N2/c14-11-3-1-10(2-4-11)12(9-13(15)16)18-7-5-17-6-8-18/h1-4,12-13,17H,5-9H2/t12-/m1/s1. The Balaban J connectivity index is 2.15. The second-order valence-corrected chi connectivity index (χ2v) is 5.40. The van der Waals surface area contributed by atoms with Gasteiger partial charge in [0.15, 0.2) is 0 Å². The molecule has 1 N–H and O–H groups in total. The molecule has 100 valence electrons. The second kappa shape index (κ2) is 6.59. The molecule has 18 heavy (non-hydrogen) atoms. The number of rotatable bonds is 4. The zero-order chi connectivity index (χ0) is 13.0. The van der Waals surface area contributed by atoms with Crippen LogP contribution in [0.15, 0.2) is 28.7 Å². The van der Waals surface area contributed by atoms with Gasteiger partial charge in [0.1, 0.15) is 0 Å². The van der Waals surface area contributed by atoms with E-state index in [-0.39, 0.29) is 12.5 Å². The van der Waals surface area contributed by atoms with Crippen molar-refractivity contribution in [1.29, 1.82) is 0 Å². The van der Waals surface area contributed by atoms with Crippen molar-refractivity contribution in [3.8, 4) is 0 Å². The van der Waals surface area contributed by atoms with Gasteiger partial charge in [-0.3, -0.25) is 4.90 Å². The van der Waals surface area contributed by atoms with Crippen LogP contribution < -0.4 is 5.32 Å². The molecule has 1 atom stereocenters. The summed E-state index contributed by atoms with van der Waals surface area (Å²) >= 11 is 3.37. The summed E-state index contributed by atoms with van der Waals surface area (Å²) in [4.78, 5) is 2.14. The maximum atomic E-state index is 12.8. The molecular formula is C13H17BrF2N2. The van der Waals surface area contributed by atoms with E-state index >= 15 is 0 Å². The Labute approximate surface area is 114 Å². The third kappa shape index (κ3) is 3.73. The molecule has 1 fully saturated rings. The minimum Gasteiger partial charge on any atom is -0.314 e. The number of hydrogen-bond acceptors (Lipinski definition) is 2. The maximum absolute atomic E-state index is 12.8. The number of nitrogens with one attached hydrogen (secondary N) is 1. The molecule has 1 aromatic carbocycles. The topological polar surface area (TPSA) is 15.3 Å². The third-order valence-electron chi connectivity index (χ3n) is 3.25. The molecule has 1 aromatic rings. The molecule has 0 unspecified atom stereocenters. The van der Waals surface area contributed by atoms with Crippen molar-refractivity contribution in [2.75, 3.05) is 26.2 Å². The Bertz CT molecular complexity index is 364. The lowest BCUT2D eigenvalue weighted by Gasteiger charge is -2.35. The van der Waals surface area contributed by atoms with E-state index in [4.69, 9.17) is 0 Å². The van der Waals surface area contributed by atoms with Crippen molar-refractivity contribution < 1.29 is 8.78 Å². The van der Waals surface area contributed by atoms with Gasteiger partial charge in [-0.2, -0.15) is 0 Å². The summed E-state index contributed by atoms with van der Waals surface area (Å²) < 4.78 is 26.5. The van der Waals surface area contributed by atoms with Crippen LogP contribution >= 0.6 is 15.9 Å². The highest BCUT2D eigenvalue weighted by Crippen LogP contribution is 2.28. The number of benzene rings is 1. The van der Waals surface area contributed by atoms with Crippen LogP contribution in [0.3, 0.4) is 0 Å². The fourth-order valence-electron chi connectivity index (χ4n) is 2.34. The van der Waals surface area contributed by atoms with Crippen molar-refractivity contribution >= 4 is 15.9 Å². The molecule has 2 nitrogen and oxygen atoms in total. The molecule has 0 bridgehead atoms. The molecule has 0 saturated carbocycles. The van der Waals surface area contributed by atoms with Crippen molar-refractivity contribution in [3.05, 3.63) is 34.3 Å². The molecule has 1 aliphatic rings. The Morgan fingerprint density at radius 2 is 1.78 bits per heavy atom. The Morgan fingerprint density at radius 3 is 2.33 bits per heavy atom. The summed E-state index contributed by atoms with van der Waals surface area (Å²) in [5.74, 6) is 0. The maximum Gasteiger partial charge on any atom is 0.240 e. The van der Waals surface area contributed by atoms with Gasteiger partial charge in [-0.15, -0.1) is 0 Å². The van der Waals surface area contributed by atoms with Crippen molar-refractivity contribution in [1.82, 2.24) is 10.2 Å². The Morgan fingerprint density at radius 1 is 1.17 bits per heavy atom. The number of nitrogens with zero attached hydrogens (tertiary/aromatic N) is 1. The molecule has 0 amide bonds. The van der Waals surface area contributed by atoms with Crippen molar-refractivity contribution in [2.24, 2.45) is 0 Å². The van der Waals surface area contributed by atoms with Gasteiger partial charge in [0.2, 0.25) is 6.43 Å². The van der Waals surface area contributed by atoms with Gasteiger partial charge in [-0.1, -0.05) is 28.1 Å². The van der Waals surface area contributed by atoms with E-state index < -0.39 is 6.43 Å². The normalized spacial score (nSPS) is 19.1. The van der Waals surface area contributed by atoms with Gasteiger partial charge in [-0.05, 0) is 17.7 Å². The monoisotopic (exact) mass is 318 g/mol. The van der Waals surface area contributed by atoms with E-state index in [1.54, 1.807) is 0 Å². The van der Waals surface area contributed by atoms with Crippen molar-refractivity contribution in [3.63, 3.8) is 0 Å². The Hall–Kier alpha value is -0.520. The number of halogens is 3. The van der Waals surface area contributed by atoms with E-state index in [0.717, 1.165) is 36.2 Å². The summed E-state index contributed by atoms with van der Waals surface area (Å²) in [5.41, 5.74) is 0.973. The summed E-state index contributed by atoms with van der Waals surface area (Å²) in [6, 6.07) is 7.50. The Kier molecular flexibility index (Phi) is 5.09.